The van der Waals surface area contributed by atoms with E-state index >= 15 is 0 Å². The van der Waals surface area contributed by atoms with E-state index in [-0.39, 0.29) is 23.8 Å². The highest BCUT2D eigenvalue weighted by molar-refractivity contribution is 5.67. The second-order valence-electron chi connectivity index (χ2n) is 6.87. The Balaban J connectivity index is 1.83. The molecule has 1 aromatic carbocycles. The first kappa shape index (κ1) is 16.8. The molecule has 1 aromatic rings. The van der Waals surface area contributed by atoms with E-state index in [4.69, 9.17) is 9.47 Å². The molecule has 0 aliphatic heterocycles. The van der Waals surface area contributed by atoms with E-state index in [0.29, 0.717) is 6.61 Å². The summed E-state index contributed by atoms with van der Waals surface area (Å²) < 4.78 is 11.4. The summed E-state index contributed by atoms with van der Waals surface area (Å²) in [6.07, 6.45) is 3.91. The monoisotopic (exact) mass is 305 g/mol. The Morgan fingerprint density at radius 3 is 2.55 bits per heavy atom. The lowest BCUT2D eigenvalue weighted by molar-refractivity contribution is -0.0863. The van der Waals surface area contributed by atoms with Crippen molar-refractivity contribution in [1.82, 2.24) is 5.32 Å². The van der Waals surface area contributed by atoms with E-state index in [1.807, 2.05) is 51.1 Å². The van der Waals surface area contributed by atoms with Crippen molar-refractivity contribution in [1.29, 1.82) is 0 Å². The normalized spacial score (nSPS) is 22.1. The number of benzene rings is 1. The molecule has 0 unspecified atom stereocenters. The van der Waals surface area contributed by atoms with Gasteiger partial charge in [-0.1, -0.05) is 43.2 Å². The first-order chi connectivity index (χ1) is 10.4. The van der Waals surface area contributed by atoms with Crippen LogP contribution in [0, 0.1) is 0 Å². The summed E-state index contributed by atoms with van der Waals surface area (Å²) >= 11 is 0. The van der Waals surface area contributed by atoms with Crippen LogP contribution in [0.15, 0.2) is 30.3 Å². The second-order valence-corrected chi connectivity index (χ2v) is 6.87. The fourth-order valence-electron chi connectivity index (χ4n) is 2.77. The Morgan fingerprint density at radius 2 is 1.86 bits per heavy atom. The summed E-state index contributed by atoms with van der Waals surface area (Å²) in [7, 11) is 0. The van der Waals surface area contributed by atoms with Crippen LogP contribution in [0.5, 0.6) is 0 Å². The highest BCUT2D eigenvalue weighted by Gasteiger charge is 2.30. The van der Waals surface area contributed by atoms with Gasteiger partial charge in [0.1, 0.15) is 6.61 Å². The molecule has 0 heterocycles. The molecule has 0 spiro atoms. The van der Waals surface area contributed by atoms with Gasteiger partial charge in [-0.25, -0.2) is 4.79 Å². The summed E-state index contributed by atoms with van der Waals surface area (Å²) in [6, 6.07) is 9.74. The van der Waals surface area contributed by atoms with E-state index < -0.39 is 0 Å². The van der Waals surface area contributed by atoms with Gasteiger partial charge in [0.05, 0.1) is 17.7 Å². The number of hydrogen-bond acceptors (Lipinski definition) is 3. The van der Waals surface area contributed by atoms with E-state index in [1.54, 1.807) is 0 Å². The molecule has 2 rings (SSSR count). The smallest absolute Gasteiger partial charge is 0.407 e. The van der Waals surface area contributed by atoms with E-state index in [1.165, 1.54) is 0 Å². The SMILES string of the molecule is CC(C)(C)O[C@H]1CCCC[C@@H]1NC(=O)OCc1ccccc1. The standard InChI is InChI=1S/C18H27NO3/c1-18(2,3)22-16-12-8-7-11-15(16)19-17(20)21-13-14-9-5-4-6-10-14/h4-6,9-10,15-16H,7-8,11-13H2,1-3H3,(H,19,20)/t15-,16-/m0/s1. The number of nitrogens with one attached hydrogen (secondary N) is 1. The number of rotatable bonds is 4. The maximum atomic E-state index is 12.0. The van der Waals surface area contributed by atoms with Crippen LogP contribution in [0.3, 0.4) is 0 Å². The van der Waals surface area contributed by atoms with E-state index in [9.17, 15) is 4.79 Å². The minimum atomic E-state index is -0.363. The van der Waals surface area contributed by atoms with Gasteiger partial charge < -0.3 is 14.8 Å². The Labute approximate surface area is 133 Å². The van der Waals surface area contributed by atoms with Crippen LogP contribution in [0.2, 0.25) is 0 Å². The van der Waals surface area contributed by atoms with Crippen molar-refractivity contribution in [3.05, 3.63) is 35.9 Å². The molecular formula is C18H27NO3. The summed E-state index contributed by atoms with van der Waals surface area (Å²) in [4.78, 5) is 12.0. The number of alkyl carbamates (subject to hydrolysis) is 1. The summed E-state index contributed by atoms with van der Waals surface area (Å²) in [5.74, 6) is 0. The number of carbonyl (C=O) groups is 1. The lowest BCUT2D eigenvalue weighted by Gasteiger charge is -2.36. The van der Waals surface area contributed by atoms with Gasteiger partial charge in [0.15, 0.2) is 0 Å². The Morgan fingerprint density at radius 1 is 1.18 bits per heavy atom. The van der Waals surface area contributed by atoms with Crippen molar-refractivity contribution in [3.63, 3.8) is 0 Å². The van der Waals surface area contributed by atoms with Crippen molar-refractivity contribution in [2.75, 3.05) is 0 Å². The second kappa shape index (κ2) is 7.63. The topological polar surface area (TPSA) is 47.6 Å². The van der Waals surface area contributed by atoms with Crippen LogP contribution in [0.4, 0.5) is 4.79 Å². The average molecular weight is 305 g/mol. The lowest BCUT2D eigenvalue weighted by Crippen LogP contribution is -2.48. The summed E-state index contributed by atoms with van der Waals surface area (Å²) in [6.45, 7) is 6.44. The Kier molecular flexibility index (Phi) is 5.83. The van der Waals surface area contributed by atoms with Gasteiger partial charge in [0, 0.05) is 0 Å². The van der Waals surface area contributed by atoms with E-state index in [2.05, 4.69) is 5.32 Å². The molecular weight excluding hydrogens is 278 g/mol. The van der Waals surface area contributed by atoms with Crippen LogP contribution in [0.25, 0.3) is 0 Å². The number of carbonyl (C=O) groups excluding carboxylic acids is 1. The third kappa shape index (κ3) is 5.68. The molecule has 22 heavy (non-hydrogen) atoms. The van der Waals surface area contributed by atoms with Gasteiger partial charge in [-0.05, 0) is 39.2 Å². The molecule has 0 bridgehead atoms. The van der Waals surface area contributed by atoms with Crippen molar-refractivity contribution in [2.24, 2.45) is 0 Å². The van der Waals surface area contributed by atoms with Crippen LogP contribution in [-0.4, -0.2) is 23.8 Å². The third-order valence-corrected chi connectivity index (χ3v) is 3.72. The largest absolute Gasteiger partial charge is 0.445 e. The molecule has 0 aromatic heterocycles. The quantitative estimate of drug-likeness (QED) is 0.913. The van der Waals surface area contributed by atoms with Gasteiger partial charge >= 0.3 is 6.09 Å². The van der Waals surface area contributed by atoms with Gasteiger partial charge in [0.2, 0.25) is 0 Å². The van der Waals surface area contributed by atoms with Gasteiger partial charge in [0.25, 0.3) is 0 Å². The zero-order valence-corrected chi connectivity index (χ0v) is 13.8. The van der Waals surface area contributed by atoms with Gasteiger partial charge in [-0.3, -0.25) is 0 Å². The minimum absolute atomic E-state index is 0.0382. The van der Waals surface area contributed by atoms with Crippen LogP contribution in [0.1, 0.15) is 52.0 Å². The fourth-order valence-corrected chi connectivity index (χ4v) is 2.77. The maximum Gasteiger partial charge on any atom is 0.407 e. The highest BCUT2D eigenvalue weighted by atomic mass is 16.5. The molecule has 1 amide bonds. The average Bonchev–Trinajstić information content (AvgIpc) is 2.47. The summed E-state index contributed by atoms with van der Waals surface area (Å²) in [5, 5.41) is 2.98. The maximum absolute atomic E-state index is 12.0. The molecule has 0 radical (unpaired) electrons. The number of amides is 1. The number of ether oxygens (including phenoxy) is 2. The molecule has 1 aliphatic rings. The zero-order valence-electron chi connectivity index (χ0n) is 13.8. The highest BCUT2D eigenvalue weighted by Crippen LogP contribution is 2.25. The van der Waals surface area contributed by atoms with Crippen LogP contribution in [-0.2, 0) is 16.1 Å². The first-order valence-electron chi connectivity index (χ1n) is 8.09. The molecule has 0 saturated heterocycles. The number of hydrogen-bond donors (Lipinski definition) is 1. The molecule has 1 fully saturated rings. The van der Waals surface area contributed by atoms with Gasteiger partial charge in [-0.2, -0.15) is 0 Å². The minimum Gasteiger partial charge on any atom is -0.445 e. The predicted molar refractivity (Wildman–Crippen MR) is 86.6 cm³/mol. The molecule has 1 N–H and O–H groups in total. The molecule has 2 atom stereocenters. The first-order valence-corrected chi connectivity index (χ1v) is 8.09. The van der Waals surface area contributed by atoms with Crippen molar-refractivity contribution in [3.8, 4) is 0 Å². The summed E-state index contributed by atoms with van der Waals surface area (Å²) in [5.41, 5.74) is 0.791. The third-order valence-electron chi connectivity index (χ3n) is 3.72. The molecule has 122 valence electrons. The van der Waals surface area contributed by atoms with Crippen molar-refractivity contribution < 1.29 is 14.3 Å². The van der Waals surface area contributed by atoms with Crippen LogP contribution < -0.4 is 5.32 Å². The van der Waals surface area contributed by atoms with Crippen LogP contribution >= 0.6 is 0 Å². The molecule has 4 heteroatoms. The fraction of sp³-hybridized carbons (Fsp3) is 0.611. The molecule has 1 saturated carbocycles. The van der Waals surface area contributed by atoms with Gasteiger partial charge in [-0.15, -0.1) is 0 Å². The molecule has 4 nitrogen and oxygen atoms in total. The lowest BCUT2D eigenvalue weighted by atomic mass is 9.92. The Hall–Kier alpha value is -1.55. The van der Waals surface area contributed by atoms with Crippen molar-refractivity contribution >= 4 is 6.09 Å². The van der Waals surface area contributed by atoms with Crippen molar-refractivity contribution in [2.45, 2.75) is 70.8 Å². The van der Waals surface area contributed by atoms with E-state index in [0.717, 1.165) is 31.2 Å². The zero-order chi connectivity index (χ0) is 16.0. The Bertz CT molecular complexity index is 467. The molecule has 1 aliphatic carbocycles. The predicted octanol–water partition coefficient (Wildman–Crippen LogP) is 4.04.